The zero-order chi connectivity index (χ0) is 18.4. The van der Waals surface area contributed by atoms with E-state index in [1.54, 1.807) is 19.1 Å². The third-order valence-electron chi connectivity index (χ3n) is 4.08. The summed E-state index contributed by atoms with van der Waals surface area (Å²) in [5, 5.41) is 17.3. The van der Waals surface area contributed by atoms with Crippen molar-refractivity contribution in [3.8, 4) is 0 Å². The van der Waals surface area contributed by atoms with E-state index < -0.39 is 4.92 Å². The molecule has 6 heteroatoms. The van der Waals surface area contributed by atoms with Gasteiger partial charge in [0.25, 0.3) is 11.6 Å². The van der Waals surface area contributed by atoms with Gasteiger partial charge in [-0.3, -0.25) is 14.9 Å². The number of nitrogens with zero attached hydrogens (tertiary/aromatic N) is 1. The first-order valence-corrected chi connectivity index (χ1v) is 8.23. The fraction of sp³-hybridized carbons (Fsp3) is 0.316. The van der Waals surface area contributed by atoms with Crippen LogP contribution in [-0.4, -0.2) is 23.4 Å². The number of hydrogen-bond donors (Lipinski definition) is 2. The zero-order valence-electron chi connectivity index (χ0n) is 14.7. The fourth-order valence-corrected chi connectivity index (χ4v) is 2.45. The number of carbonyl (C=O) groups is 1. The van der Waals surface area contributed by atoms with Crippen molar-refractivity contribution in [3.63, 3.8) is 0 Å². The van der Waals surface area contributed by atoms with E-state index in [1.165, 1.54) is 6.07 Å². The Morgan fingerprint density at radius 1 is 1.16 bits per heavy atom. The number of hydrogen-bond acceptors (Lipinski definition) is 4. The number of nitrogens with one attached hydrogen (secondary N) is 2. The van der Waals surface area contributed by atoms with E-state index >= 15 is 0 Å². The molecule has 1 atom stereocenters. The molecule has 0 bridgehead atoms. The lowest BCUT2D eigenvalue weighted by Gasteiger charge is -2.24. The van der Waals surface area contributed by atoms with Crippen molar-refractivity contribution < 1.29 is 9.72 Å². The Hall–Kier alpha value is -2.89. The van der Waals surface area contributed by atoms with Crippen LogP contribution in [-0.2, 0) is 0 Å². The molecule has 1 unspecified atom stereocenters. The second-order valence-electron chi connectivity index (χ2n) is 6.33. The highest BCUT2D eigenvalue weighted by atomic mass is 16.6. The maximum atomic E-state index is 12.3. The molecule has 1 amide bonds. The summed E-state index contributed by atoms with van der Waals surface area (Å²) in [6.45, 7) is 6.22. The first-order chi connectivity index (χ1) is 11.9. The first-order valence-electron chi connectivity index (χ1n) is 8.23. The molecule has 0 heterocycles. The van der Waals surface area contributed by atoms with Gasteiger partial charge in [-0.05, 0) is 31.0 Å². The van der Waals surface area contributed by atoms with Crippen molar-refractivity contribution in [2.45, 2.75) is 26.8 Å². The molecule has 6 nitrogen and oxygen atoms in total. The molecule has 0 radical (unpaired) electrons. The fourth-order valence-electron chi connectivity index (χ4n) is 2.45. The van der Waals surface area contributed by atoms with E-state index in [9.17, 15) is 14.9 Å². The molecular weight excluding hydrogens is 318 g/mol. The van der Waals surface area contributed by atoms with E-state index in [2.05, 4.69) is 24.5 Å². The topological polar surface area (TPSA) is 84.3 Å². The molecule has 0 saturated heterocycles. The van der Waals surface area contributed by atoms with E-state index in [0.29, 0.717) is 23.6 Å². The number of amides is 1. The van der Waals surface area contributed by atoms with E-state index in [4.69, 9.17) is 0 Å². The van der Waals surface area contributed by atoms with Crippen LogP contribution in [0.1, 0.15) is 29.8 Å². The van der Waals surface area contributed by atoms with Crippen LogP contribution in [0.3, 0.4) is 0 Å². The Balaban J connectivity index is 2.04. The molecule has 2 rings (SSSR count). The number of anilines is 1. The van der Waals surface area contributed by atoms with Gasteiger partial charge in [0.05, 0.1) is 4.92 Å². The molecule has 0 saturated carbocycles. The largest absolute Gasteiger partial charge is 0.380 e. The van der Waals surface area contributed by atoms with E-state index in [0.717, 1.165) is 5.69 Å². The van der Waals surface area contributed by atoms with Gasteiger partial charge in [-0.25, -0.2) is 0 Å². The lowest BCUT2D eigenvalue weighted by molar-refractivity contribution is -0.385. The van der Waals surface area contributed by atoms with Crippen LogP contribution in [0, 0.1) is 23.0 Å². The third-order valence-corrected chi connectivity index (χ3v) is 4.08. The van der Waals surface area contributed by atoms with Gasteiger partial charge >= 0.3 is 0 Å². The van der Waals surface area contributed by atoms with Crippen LogP contribution in [0.5, 0.6) is 0 Å². The van der Waals surface area contributed by atoms with Gasteiger partial charge in [-0.15, -0.1) is 0 Å². The highest BCUT2D eigenvalue weighted by Gasteiger charge is 2.18. The van der Waals surface area contributed by atoms with Crippen molar-refractivity contribution in [2.75, 3.05) is 11.9 Å². The van der Waals surface area contributed by atoms with Crippen molar-refractivity contribution >= 4 is 17.3 Å². The minimum atomic E-state index is -0.472. The summed E-state index contributed by atoms with van der Waals surface area (Å²) in [4.78, 5) is 22.9. The molecule has 0 aliphatic carbocycles. The van der Waals surface area contributed by atoms with Crippen LogP contribution in [0.25, 0.3) is 0 Å². The normalized spacial score (nSPS) is 11.8. The van der Waals surface area contributed by atoms with Crippen LogP contribution in [0.2, 0.25) is 0 Å². The average molecular weight is 341 g/mol. The Kier molecular flexibility index (Phi) is 6.11. The smallest absolute Gasteiger partial charge is 0.273 e. The van der Waals surface area contributed by atoms with Gasteiger partial charge in [0.15, 0.2) is 0 Å². The monoisotopic (exact) mass is 341 g/mol. The van der Waals surface area contributed by atoms with Crippen LogP contribution >= 0.6 is 0 Å². The number of benzene rings is 2. The Morgan fingerprint density at radius 3 is 2.44 bits per heavy atom. The van der Waals surface area contributed by atoms with Crippen molar-refractivity contribution in [2.24, 2.45) is 5.92 Å². The number of para-hydroxylation sites is 1. The van der Waals surface area contributed by atoms with E-state index in [-0.39, 0.29) is 17.6 Å². The summed E-state index contributed by atoms with van der Waals surface area (Å²) in [6, 6.07) is 14.4. The standard InChI is InChI=1S/C19H23N3O3/c1-13(2)17(21-16-7-5-4-6-8-16)12-20-19(23)15-10-9-14(3)18(11-15)22(24)25/h4-11,13,17,21H,12H2,1-3H3,(H,20,23). The van der Waals surface area contributed by atoms with E-state index in [1.807, 2.05) is 30.3 Å². The number of rotatable bonds is 7. The maximum Gasteiger partial charge on any atom is 0.273 e. The summed E-state index contributed by atoms with van der Waals surface area (Å²) in [7, 11) is 0. The SMILES string of the molecule is Cc1ccc(C(=O)NCC(Nc2ccccc2)C(C)C)cc1[N+](=O)[O-]. The molecule has 25 heavy (non-hydrogen) atoms. The molecule has 0 fully saturated rings. The summed E-state index contributed by atoms with van der Waals surface area (Å²) < 4.78 is 0. The predicted molar refractivity (Wildman–Crippen MR) is 98.9 cm³/mol. The molecule has 0 spiro atoms. The van der Waals surface area contributed by atoms with Crippen molar-refractivity contribution in [1.29, 1.82) is 0 Å². The molecule has 2 aromatic carbocycles. The van der Waals surface area contributed by atoms with Crippen LogP contribution in [0.4, 0.5) is 11.4 Å². The highest BCUT2D eigenvalue weighted by Crippen LogP contribution is 2.19. The second kappa shape index (κ2) is 8.28. The average Bonchev–Trinajstić information content (AvgIpc) is 2.59. The Morgan fingerprint density at radius 2 is 1.84 bits per heavy atom. The lowest BCUT2D eigenvalue weighted by Crippen LogP contribution is -2.39. The molecule has 0 aliphatic rings. The summed E-state index contributed by atoms with van der Waals surface area (Å²) >= 11 is 0. The predicted octanol–water partition coefficient (Wildman–Crippen LogP) is 3.77. The second-order valence-corrected chi connectivity index (χ2v) is 6.33. The number of carbonyl (C=O) groups excluding carboxylic acids is 1. The first kappa shape index (κ1) is 18.4. The number of nitro groups is 1. The Labute approximate surface area is 147 Å². The van der Waals surface area contributed by atoms with Crippen LogP contribution in [0.15, 0.2) is 48.5 Å². The molecular formula is C19H23N3O3. The summed E-state index contributed by atoms with van der Waals surface area (Å²) in [5.41, 5.74) is 1.77. The molecule has 2 aromatic rings. The highest BCUT2D eigenvalue weighted by molar-refractivity contribution is 5.95. The quantitative estimate of drug-likeness (QED) is 0.593. The van der Waals surface area contributed by atoms with Gasteiger partial charge in [0.1, 0.15) is 0 Å². The summed E-state index contributed by atoms with van der Waals surface area (Å²) in [6.07, 6.45) is 0. The molecule has 2 N–H and O–H groups in total. The molecule has 132 valence electrons. The Bertz CT molecular complexity index is 745. The van der Waals surface area contributed by atoms with Crippen LogP contribution < -0.4 is 10.6 Å². The van der Waals surface area contributed by atoms with Crippen molar-refractivity contribution in [1.82, 2.24) is 5.32 Å². The molecule has 0 aromatic heterocycles. The van der Waals surface area contributed by atoms with Gasteiger partial charge in [0.2, 0.25) is 0 Å². The zero-order valence-corrected chi connectivity index (χ0v) is 14.7. The maximum absolute atomic E-state index is 12.3. The van der Waals surface area contributed by atoms with Gasteiger partial charge in [-0.1, -0.05) is 38.1 Å². The number of nitro benzene ring substituents is 1. The molecule has 0 aliphatic heterocycles. The van der Waals surface area contributed by atoms with Gasteiger partial charge < -0.3 is 10.6 Å². The lowest BCUT2D eigenvalue weighted by atomic mass is 10.0. The third kappa shape index (κ3) is 5.04. The van der Waals surface area contributed by atoms with Gasteiger partial charge in [-0.2, -0.15) is 0 Å². The number of aryl methyl sites for hydroxylation is 1. The van der Waals surface area contributed by atoms with Gasteiger partial charge in [0, 0.05) is 35.5 Å². The minimum absolute atomic E-state index is 0.0459. The van der Waals surface area contributed by atoms with Crippen molar-refractivity contribution in [3.05, 3.63) is 69.8 Å². The summed E-state index contributed by atoms with van der Waals surface area (Å²) in [5.74, 6) is -0.0172. The minimum Gasteiger partial charge on any atom is -0.380 e.